The smallest absolute Gasteiger partial charge is 0.233 e. The molecule has 19 heavy (non-hydrogen) atoms. The highest BCUT2D eigenvalue weighted by Crippen LogP contribution is 2.45. The summed E-state index contributed by atoms with van der Waals surface area (Å²) in [5.41, 5.74) is 0.233. The van der Waals surface area contributed by atoms with Gasteiger partial charge in [-0.2, -0.15) is 0 Å². The molecule has 4 heteroatoms. The fourth-order valence-corrected chi connectivity index (χ4v) is 3.17. The first-order valence-electron chi connectivity index (χ1n) is 6.85. The van der Waals surface area contributed by atoms with E-state index in [1.54, 1.807) is 11.0 Å². The van der Waals surface area contributed by atoms with Crippen LogP contribution in [-0.2, 0) is 10.2 Å². The van der Waals surface area contributed by atoms with Crippen molar-refractivity contribution in [2.45, 2.75) is 37.2 Å². The second-order valence-electron chi connectivity index (χ2n) is 5.64. The van der Waals surface area contributed by atoms with Gasteiger partial charge in [-0.1, -0.05) is 18.6 Å². The van der Waals surface area contributed by atoms with Crippen molar-refractivity contribution in [2.75, 3.05) is 13.1 Å². The van der Waals surface area contributed by atoms with Crippen molar-refractivity contribution >= 4 is 5.91 Å². The van der Waals surface area contributed by atoms with Gasteiger partial charge in [-0.05, 0) is 37.0 Å². The number of carbonyl (C=O) groups excluding carboxylic acids is 1. The van der Waals surface area contributed by atoms with E-state index in [-0.39, 0.29) is 11.7 Å². The Labute approximate surface area is 112 Å². The Morgan fingerprint density at radius 2 is 2.21 bits per heavy atom. The average molecular weight is 263 g/mol. The number of benzene rings is 1. The highest BCUT2D eigenvalue weighted by Gasteiger charge is 2.48. The third-order valence-electron chi connectivity index (χ3n) is 4.44. The van der Waals surface area contributed by atoms with E-state index in [0.29, 0.717) is 19.5 Å². The zero-order valence-electron chi connectivity index (χ0n) is 10.8. The van der Waals surface area contributed by atoms with Gasteiger partial charge in [-0.25, -0.2) is 4.39 Å². The summed E-state index contributed by atoms with van der Waals surface area (Å²) < 4.78 is 13.4. The Kier molecular flexibility index (Phi) is 3.05. The molecule has 0 spiro atoms. The molecule has 2 aliphatic rings. The zero-order valence-corrected chi connectivity index (χ0v) is 10.8. The molecule has 1 heterocycles. The van der Waals surface area contributed by atoms with E-state index in [0.717, 1.165) is 24.8 Å². The van der Waals surface area contributed by atoms with E-state index in [1.807, 2.05) is 6.07 Å². The molecule has 0 unspecified atom stereocenters. The number of hydrogen-bond donors (Lipinski definition) is 1. The van der Waals surface area contributed by atoms with Crippen molar-refractivity contribution in [1.82, 2.24) is 4.90 Å². The summed E-state index contributed by atoms with van der Waals surface area (Å²) in [4.78, 5) is 14.4. The minimum Gasteiger partial charge on any atom is -0.391 e. The van der Waals surface area contributed by atoms with Gasteiger partial charge in [0.1, 0.15) is 5.82 Å². The van der Waals surface area contributed by atoms with Gasteiger partial charge in [0.15, 0.2) is 0 Å². The molecule has 0 aromatic heterocycles. The first kappa shape index (κ1) is 12.6. The van der Waals surface area contributed by atoms with Gasteiger partial charge < -0.3 is 10.0 Å². The number of aliphatic hydroxyl groups is 1. The van der Waals surface area contributed by atoms with E-state index >= 15 is 0 Å². The molecule has 1 aliphatic carbocycles. The minimum atomic E-state index is -0.549. The van der Waals surface area contributed by atoms with E-state index in [1.165, 1.54) is 12.1 Å². The maximum Gasteiger partial charge on any atom is 0.233 e. The lowest BCUT2D eigenvalue weighted by Gasteiger charge is -2.43. The lowest BCUT2D eigenvalue weighted by Crippen LogP contribution is -2.50. The number of likely N-dealkylation sites (tertiary alicyclic amines) is 1. The summed E-state index contributed by atoms with van der Waals surface area (Å²) in [6, 6.07) is 6.38. The largest absolute Gasteiger partial charge is 0.391 e. The molecule has 1 atom stereocenters. The molecule has 3 rings (SSSR count). The lowest BCUT2D eigenvalue weighted by atomic mass is 9.63. The van der Waals surface area contributed by atoms with Crippen LogP contribution in [0.15, 0.2) is 24.3 Å². The van der Waals surface area contributed by atoms with Crippen LogP contribution in [0.25, 0.3) is 0 Å². The second kappa shape index (κ2) is 4.60. The summed E-state index contributed by atoms with van der Waals surface area (Å²) in [5, 5.41) is 9.57. The summed E-state index contributed by atoms with van der Waals surface area (Å²) in [5.74, 6) is -0.237. The number of amides is 1. The fraction of sp³-hybridized carbons (Fsp3) is 0.533. The predicted molar refractivity (Wildman–Crippen MR) is 69.1 cm³/mol. The van der Waals surface area contributed by atoms with Crippen LogP contribution in [-0.4, -0.2) is 35.1 Å². The van der Waals surface area contributed by atoms with E-state index in [4.69, 9.17) is 0 Å². The van der Waals surface area contributed by atoms with Gasteiger partial charge in [0.05, 0.1) is 11.5 Å². The Morgan fingerprint density at radius 1 is 1.42 bits per heavy atom. The summed E-state index contributed by atoms with van der Waals surface area (Å²) >= 11 is 0. The van der Waals surface area contributed by atoms with Gasteiger partial charge in [0, 0.05) is 13.1 Å². The fourth-order valence-electron chi connectivity index (χ4n) is 3.17. The highest BCUT2D eigenvalue weighted by atomic mass is 19.1. The molecule has 1 aliphatic heterocycles. The third-order valence-corrected chi connectivity index (χ3v) is 4.44. The number of hydrogen-bond acceptors (Lipinski definition) is 2. The molecule has 0 radical (unpaired) electrons. The second-order valence-corrected chi connectivity index (χ2v) is 5.64. The Morgan fingerprint density at radius 3 is 2.74 bits per heavy atom. The van der Waals surface area contributed by atoms with Gasteiger partial charge in [-0.15, -0.1) is 0 Å². The zero-order chi connectivity index (χ0) is 13.5. The molecule has 0 bridgehead atoms. The van der Waals surface area contributed by atoms with Crippen LogP contribution in [0.5, 0.6) is 0 Å². The SMILES string of the molecule is O=C(N1CC[C@@H](O)C1)C1(c2cccc(F)c2)CCC1. The van der Waals surface area contributed by atoms with E-state index in [9.17, 15) is 14.3 Å². The number of aliphatic hydroxyl groups excluding tert-OH is 1. The maximum atomic E-state index is 13.4. The molecule has 3 nitrogen and oxygen atoms in total. The van der Waals surface area contributed by atoms with Crippen LogP contribution in [0.3, 0.4) is 0 Å². The van der Waals surface area contributed by atoms with Gasteiger partial charge in [-0.3, -0.25) is 4.79 Å². The molecule has 1 saturated carbocycles. The Hall–Kier alpha value is -1.42. The van der Waals surface area contributed by atoms with Crippen LogP contribution in [0.2, 0.25) is 0 Å². The summed E-state index contributed by atoms with van der Waals surface area (Å²) in [7, 11) is 0. The van der Waals surface area contributed by atoms with Gasteiger partial charge in [0.2, 0.25) is 5.91 Å². The predicted octanol–water partition coefficient (Wildman–Crippen LogP) is 1.84. The summed E-state index contributed by atoms with van der Waals surface area (Å²) in [6.45, 7) is 1.02. The number of nitrogens with zero attached hydrogens (tertiary/aromatic N) is 1. The maximum absolute atomic E-state index is 13.4. The van der Waals surface area contributed by atoms with Crippen molar-refractivity contribution in [3.63, 3.8) is 0 Å². The summed E-state index contributed by atoms with van der Waals surface area (Å²) in [6.07, 6.45) is 2.79. The Bertz CT molecular complexity index is 499. The normalized spacial score (nSPS) is 25.2. The molecule has 1 aromatic carbocycles. The number of carbonyl (C=O) groups is 1. The molecule has 1 aromatic rings. The van der Waals surface area contributed by atoms with Gasteiger partial charge in [0.25, 0.3) is 0 Å². The van der Waals surface area contributed by atoms with Crippen LogP contribution in [0.1, 0.15) is 31.2 Å². The minimum absolute atomic E-state index is 0.0564. The quantitative estimate of drug-likeness (QED) is 0.884. The van der Waals surface area contributed by atoms with Crippen LogP contribution in [0, 0.1) is 5.82 Å². The number of halogens is 1. The van der Waals surface area contributed by atoms with Crippen molar-refractivity contribution < 1.29 is 14.3 Å². The lowest BCUT2D eigenvalue weighted by molar-refractivity contribution is -0.140. The Balaban J connectivity index is 1.89. The molecule has 102 valence electrons. The standard InChI is InChI=1S/C15H18FNO2/c16-12-4-1-3-11(9-12)15(6-2-7-15)14(19)17-8-5-13(18)10-17/h1,3-4,9,13,18H,2,5-8,10H2/t13-/m1/s1. The highest BCUT2D eigenvalue weighted by molar-refractivity contribution is 5.89. The van der Waals surface area contributed by atoms with E-state index < -0.39 is 11.5 Å². The van der Waals surface area contributed by atoms with Crippen molar-refractivity contribution in [3.8, 4) is 0 Å². The van der Waals surface area contributed by atoms with Crippen LogP contribution >= 0.6 is 0 Å². The molecule has 1 amide bonds. The molecule has 2 fully saturated rings. The van der Waals surface area contributed by atoms with Crippen molar-refractivity contribution in [2.24, 2.45) is 0 Å². The molecular formula is C15H18FNO2. The first-order chi connectivity index (χ1) is 9.12. The average Bonchev–Trinajstić information content (AvgIpc) is 2.74. The molecule has 1 saturated heterocycles. The van der Waals surface area contributed by atoms with Gasteiger partial charge >= 0.3 is 0 Å². The topological polar surface area (TPSA) is 40.5 Å². The first-order valence-corrected chi connectivity index (χ1v) is 6.85. The monoisotopic (exact) mass is 263 g/mol. The third kappa shape index (κ3) is 2.04. The number of rotatable bonds is 2. The van der Waals surface area contributed by atoms with Crippen molar-refractivity contribution in [1.29, 1.82) is 0 Å². The molecular weight excluding hydrogens is 245 g/mol. The number of β-amino-alcohol motifs (C(OH)–C–C–N with tert-alkyl or cyclic N) is 1. The van der Waals surface area contributed by atoms with E-state index in [2.05, 4.69) is 0 Å². The molecule has 1 N–H and O–H groups in total. The van der Waals surface area contributed by atoms with Crippen LogP contribution in [0.4, 0.5) is 4.39 Å². The van der Waals surface area contributed by atoms with Crippen LogP contribution < -0.4 is 0 Å². The van der Waals surface area contributed by atoms with Crippen molar-refractivity contribution in [3.05, 3.63) is 35.6 Å².